The van der Waals surface area contributed by atoms with Gasteiger partial charge in [0.1, 0.15) is 6.54 Å². The van der Waals surface area contributed by atoms with Gasteiger partial charge in [0.25, 0.3) is 0 Å². The zero-order chi connectivity index (χ0) is 14.8. The fourth-order valence-corrected chi connectivity index (χ4v) is 2.56. The molecule has 1 amide bonds. The van der Waals surface area contributed by atoms with E-state index in [0.717, 1.165) is 10.7 Å². The summed E-state index contributed by atoms with van der Waals surface area (Å²) in [5.41, 5.74) is 7.27. The van der Waals surface area contributed by atoms with E-state index < -0.39 is 5.91 Å². The molecular weight excluding hydrogens is 288 g/mol. The number of hydrogen-bond acceptors (Lipinski definition) is 3. The first-order valence-electron chi connectivity index (χ1n) is 6.94. The highest BCUT2D eigenvalue weighted by molar-refractivity contribution is 6.30. The second-order valence-electron chi connectivity index (χ2n) is 5.40. The third-order valence-electron chi connectivity index (χ3n) is 3.60. The van der Waals surface area contributed by atoms with Crippen LogP contribution in [0.25, 0.3) is 0 Å². The molecule has 1 saturated carbocycles. The molecule has 2 aromatic rings. The van der Waals surface area contributed by atoms with Gasteiger partial charge in [-0.3, -0.25) is 9.48 Å². The number of benzene rings is 1. The van der Waals surface area contributed by atoms with E-state index in [1.54, 1.807) is 12.4 Å². The smallest absolute Gasteiger partial charge is 0.239 e. The number of halogens is 1. The monoisotopic (exact) mass is 304 g/mol. The van der Waals surface area contributed by atoms with Crippen molar-refractivity contribution < 1.29 is 4.79 Å². The summed E-state index contributed by atoms with van der Waals surface area (Å²) in [4.78, 5) is 10.9. The fraction of sp³-hybridized carbons (Fsp3) is 0.333. The van der Waals surface area contributed by atoms with Gasteiger partial charge in [-0.15, -0.1) is 0 Å². The van der Waals surface area contributed by atoms with E-state index in [0.29, 0.717) is 5.92 Å². The highest BCUT2D eigenvalue weighted by Crippen LogP contribution is 2.43. The van der Waals surface area contributed by atoms with Gasteiger partial charge < -0.3 is 11.1 Å². The topological polar surface area (TPSA) is 72.9 Å². The Kier molecular flexibility index (Phi) is 3.84. The maximum absolute atomic E-state index is 10.9. The van der Waals surface area contributed by atoms with Crippen molar-refractivity contribution in [3.05, 3.63) is 47.2 Å². The molecule has 1 aromatic carbocycles. The van der Waals surface area contributed by atoms with Crippen molar-refractivity contribution in [2.75, 3.05) is 5.32 Å². The van der Waals surface area contributed by atoms with E-state index in [4.69, 9.17) is 17.3 Å². The lowest BCUT2D eigenvalue weighted by molar-refractivity contribution is -0.118. The average molecular weight is 305 g/mol. The Hall–Kier alpha value is -2.01. The lowest BCUT2D eigenvalue weighted by atomic mass is 10.0. The lowest BCUT2D eigenvalue weighted by Gasteiger charge is -2.19. The standard InChI is InChI=1S/C15H17ClN4O/c16-12-5-3-11(4-6-12)15(10-1-2-10)19-13-7-18-20(8-13)9-14(17)21/h3-8,10,15,19H,1-2,9H2,(H2,17,21). The summed E-state index contributed by atoms with van der Waals surface area (Å²) in [6, 6.07) is 8.15. The third-order valence-corrected chi connectivity index (χ3v) is 3.85. The molecule has 1 aliphatic rings. The van der Waals surface area contributed by atoms with Crippen molar-refractivity contribution in [3.63, 3.8) is 0 Å². The number of carbonyl (C=O) groups is 1. The summed E-state index contributed by atoms with van der Waals surface area (Å²) in [7, 11) is 0. The molecule has 0 spiro atoms. The first kappa shape index (κ1) is 13.9. The van der Waals surface area contributed by atoms with Crippen LogP contribution in [0.4, 0.5) is 5.69 Å². The SMILES string of the molecule is NC(=O)Cn1cc(NC(c2ccc(Cl)cc2)C2CC2)cn1. The number of hydrogen-bond donors (Lipinski definition) is 2. The van der Waals surface area contributed by atoms with Crippen LogP contribution in [0.1, 0.15) is 24.4 Å². The number of amides is 1. The van der Waals surface area contributed by atoms with Gasteiger partial charge in [0.2, 0.25) is 5.91 Å². The molecule has 110 valence electrons. The van der Waals surface area contributed by atoms with Crippen molar-refractivity contribution in [2.24, 2.45) is 11.7 Å². The molecule has 3 N–H and O–H groups in total. The first-order valence-corrected chi connectivity index (χ1v) is 7.32. The van der Waals surface area contributed by atoms with E-state index in [-0.39, 0.29) is 12.6 Å². The van der Waals surface area contributed by atoms with Gasteiger partial charge in [-0.05, 0) is 36.5 Å². The summed E-state index contributed by atoms with van der Waals surface area (Å²) in [6.45, 7) is 0.0940. The average Bonchev–Trinajstić information content (AvgIpc) is 3.19. The van der Waals surface area contributed by atoms with E-state index in [1.807, 2.05) is 24.3 Å². The molecule has 0 radical (unpaired) electrons. The molecule has 1 aromatic heterocycles. The molecule has 1 atom stereocenters. The quantitative estimate of drug-likeness (QED) is 0.861. The van der Waals surface area contributed by atoms with Crippen LogP contribution in [0, 0.1) is 5.92 Å². The molecule has 21 heavy (non-hydrogen) atoms. The van der Waals surface area contributed by atoms with Crippen LogP contribution < -0.4 is 11.1 Å². The van der Waals surface area contributed by atoms with E-state index in [1.165, 1.54) is 23.1 Å². The number of rotatable bonds is 6. The minimum absolute atomic E-state index is 0.0940. The van der Waals surface area contributed by atoms with Gasteiger partial charge in [-0.2, -0.15) is 5.10 Å². The molecule has 1 aliphatic carbocycles. The molecular formula is C15H17ClN4O. The van der Waals surface area contributed by atoms with Crippen molar-refractivity contribution >= 4 is 23.2 Å². The molecule has 0 saturated heterocycles. The van der Waals surface area contributed by atoms with Crippen molar-refractivity contribution in [1.82, 2.24) is 9.78 Å². The molecule has 0 bridgehead atoms. The van der Waals surface area contributed by atoms with Crippen LogP contribution in [0.2, 0.25) is 5.02 Å². The predicted molar refractivity (Wildman–Crippen MR) is 82.0 cm³/mol. The molecule has 1 heterocycles. The minimum atomic E-state index is -0.402. The largest absolute Gasteiger partial charge is 0.375 e. The van der Waals surface area contributed by atoms with Gasteiger partial charge >= 0.3 is 0 Å². The van der Waals surface area contributed by atoms with Crippen LogP contribution in [-0.4, -0.2) is 15.7 Å². The van der Waals surface area contributed by atoms with Gasteiger partial charge in [0.15, 0.2) is 0 Å². The summed E-state index contributed by atoms with van der Waals surface area (Å²) < 4.78 is 1.54. The molecule has 1 fully saturated rings. The van der Waals surface area contributed by atoms with E-state index in [9.17, 15) is 4.79 Å². The summed E-state index contributed by atoms with van der Waals surface area (Å²) in [5.74, 6) is 0.228. The number of aromatic nitrogens is 2. The normalized spacial score (nSPS) is 15.7. The van der Waals surface area contributed by atoms with Crippen LogP contribution in [0.3, 0.4) is 0 Å². The van der Waals surface area contributed by atoms with E-state index in [2.05, 4.69) is 10.4 Å². The van der Waals surface area contributed by atoms with Crippen LogP contribution in [0.5, 0.6) is 0 Å². The van der Waals surface area contributed by atoms with E-state index >= 15 is 0 Å². The number of carbonyl (C=O) groups excluding carboxylic acids is 1. The number of primary amides is 1. The number of nitrogens with two attached hydrogens (primary N) is 1. The van der Waals surface area contributed by atoms with Gasteiger partial charge in [0.05, 0.1) is 17.9 Å². The third kappa shape index (κ3) is 3.55. The predicted octanol–water partition coefficient (Wildman–Crippen LogP) is 2.58. The molecule has 3 rings (SSSR count). The Morgan fingerprint density at radius 2 is 2.14 bits per heavy atom. The van der Waals surface area contributed by atoms with Crippen LogP contribution >= 0.6 is 11.6 Å². The Morgan fingerprint density at radius 3 is 2.76 bits per heavy atom. The second kappa shape index (κ2) is 5.77. The Morgan fingerprint density at radius 1 is 1.43 bits per heavy atom. The molecule has 1 unspecified atom stereocenters. The maximum atomic E-state index is 10.9. The highest BCUT2D eigenvalue weighted by Gasteiger charge is 2.32. The number of nitrogens with one attached hydrogen (secondary N) is 1. The second-order valence-corrected chi connectivity index (χ2v) is 5.84. The zero-order valence-corrected chi connectivity index (χ0v) is 12.3. The van der Waals surface area contributed by atoms with Crippen LogP contribution in [0.15, 0.2) is 36.7 Å². The Bertz CT molecular complexity index is 633. The number of anilines is 1. The zero-order valence-electron chi connectivity index (χ0n) is 11.5. The molecule has 5 nitrogen and oxygen atoms in total. The lowest BCUT2D eigenvalue weighted by Crippen LogP contribution is -2.18. The Labute approximate surface area is 128 Å². The Balaban J connectivity index is 1.74. The highest BCUT2D eigenvalue weighted by atomic mass is 35.5. The number of nitrogens with zero attached hydrogens (tertiary/aromatic N) is 2. The molecule has 6 heteroatoms. The summed E-state index contributed by atoms with van der Waals surface area (Å²) in [6.07, 6.45) is 5.95. The van der Waals surface area contributed by atoms with Crippen molar-refractivity contribution in [2.45, 2.75) is 25.4 Å². The summed E-state index contributed by atoms with van der Waals surface area (Å²) >= 11 is 5.95. The minimum Gasteiger partial charge on any atom is -0.375 e. The van der Waals surface area contributed by atoms with Crippen LogP contribution in [-0.2, 0) is 11.3 Å². The van der Waals surface area contributed by atoms with Gasteiger partial charge in [-0.1, -0.05) is 23.7 Å². The van der Waals surface area contributed by atoms with Crippen molar-refractivity contribution in [1.29, 1.82) is 0 Å². The van der Waals surface area contributed by atoms with Crippen molar-refractivity contribution in [3.8, 4) is 0 Å². The first-order chi connectivity index (χ1) is 10.1. The summed E-state index contributed by atoms with van der Waals surface area (Å²) in [5, 5.41) is 8.36. The fourth-order valence-electron chi connectivity index (χ4n) is 2.44. The molecule has 0 aliphatic heterocycles. The van der Waals surface area contributed by atoms with Gasteiger partial charge in [-0.25, -0.2) is 0 Å². The van der Waals surface area contributed by atoms with Gasteiger partial charge in [0, 0.05) is 11.2 Å². The maximum Gasteiger partial charge on any atom is 0.239 e.